The molecule has 0 bridgehead atoms. The zero-order valence-electron chi connectivity index (χ0n) is 8.22. The number of aromatic nitrogens is 1. The SMILES string of the molecule is CN(CC(F)(F)F)c1cc(C#N)cc(Cl)n1. The number of pyridine rings is 1. The average molecular weight is 250 g/mol. The van der Waals surface area contributed by atoms with E-state index < -0.39 is 12.7 Å². The minimum Gasteiger partial charge on any atom is -0.350 e. The Labute approximate surface area is 95.1 Å². The molecule has 0 saturated carbocycles. The molecule has 1 rings (SSSR count). The molecule has 1 aromatic heterocycles. The van der Waals surface area contributed by atoms with E-state index in [1.807, 2.05) is 0 Å². The van der Waals surface area contributed by atoms with Crippen LogP contribution in [-0.4, -0.2) is 24.8 Å². The molecule has 0 fully saturated rings. The summed E-state index contributed by atoms with van der Waals surface area (Å²) in [6, 6.07) is 4.33. The maximum Gasteiger partial charge on any atom is 0.405 e. The molecule has 0 aliphatic carbocycles. The van der Waals surface area contributed by atoms with Gasteiger partial charge in [-0.3, -0.25) is 0 Å². The Balaban J connectivity index is 2.96. The van der Waals surface area contributed by atoms with Crippen molar-refractivity contribution in [2.24, 2.45) is 0 Å². The van der Waals surface area contributed by atoms with Gasteiger partial charge >= 0.3 is 6.18 Å². The van der Waals surface area contributed by atoms with Crippen LogP contribution >= 0.6 is 11.6 Å². The van der Waals surface area contributed by atoms with Crippen molar-refractivity contribution in [3.63, 3.8) is 0 Å². The lowest BCUT2D eigenvalue weighted by molar-refractivity contribution is -0.119. The minimum absolute atomic E-state index is 0.0110. The van der Waals surface area contributed by atoms with Crippen molar-refractivity contribution >= 4 is 17.4 Å². The van der Waals surface area contributed by atoms with E-state index in [1.165, 1.54) is 19.2 Å². The minimum atomic E-state index is -4.33. The molecule has 0 saturated heterocycles. The Morgan fingerprint density at radius 1 is 1.50 bits per heavy atom. The summed E-state index contributed by atoms with van der Waals surface area (Å²) in [5, 5.41) is 8.61. The van der Waals surface area contributed by atoms with E-state index in [4.69, 9.17) is 16.9 Å². The van der Waals surface area contributed by atoms with Crippen LogP contribution in [0.3, 0.4) is 0 Å². The zero-order valence-corrected chi connectivity index (χ0v) is 8.97. The van der Waals surface area contributed by atoms with Crippen LogP contribution in [-0.2, 0) is 0 Å². The molecule has 16 heavy (non-hydrogen) atoms. The number of halogens is 4. The molecule has 0 aliphatic rings. The Hall–Kier alpha value is -1.48. The highest BCUT2D eigenvalue weighted by molar-refractivity contribution is 6.29. The summed E-state index contributed by atoms with van der Waals surface area (Å²) < 4.78 is 36.3. The zero-order chi connectivity index (χ0) is 12.3. The van der Waals surface area contributed by atoms with Crippen molar-refractivity contribution in [2.45, 2.75) is 6.18 Å². The van der Waals surface area contributed by atoms with Gasteiger partial charge in [0.1, 0.15) is 17.5 Å². The number of alkyl halides is 3. The van der Waals surface area contributed by atoms with E-state index in [1.54, 1.807) is 6.07 Å². The fraction of sp³-hybridized carbons (Fsp3) is 0.333. The Morgan fingerprint density at radius 3 is 2.62 bits per heavy atom. The van der Waals surface area contributed by atoms with Crippen molar-refractivity contribution in [3.8, 4) is 6.07 Å². The molecule has 0 aliphatic heterocycles. The van der Waals surface area contributed by atoms with Crippen LogP contribution < -0.4 is 4.90 Å². The molecule has 7 heteroatoms. The number of hydrogen-bond acceptors (Lipinski definition) is 3. The molecule has 0 spiro atoms. The molecule has 86 valence electrons. The predicted molar refractivity (Wildman–Crippen MR) is 53.3 cm³/mol. The number of nitrogens with zero attached hydrogens (tertiary/aromatic N) is 3. The normalized spacial score (nSPS) is 11.0. The first-order chi connectivity index (χ1) is 7.31. The number of nitriles is 1. The molecular formula is C9H7ClF3N3. The summed E-state index contributed by atoms with van der Waals surface area (Å²) >= 11 is 5.57. The summed E-state index contributed by atoms with van der Waals surface area (Å²) in [6.07, 6.45) is -4.33. The van der Waals surface area contributed by atoms with E-state index in [2.05, 4.69) is 4.98 Å². The Morgan fingerprint density at radius 2 is 2.12 bits per heavy atom. The Bertz CT molecular complexity index is 425. The molecular weight excluding hydrogens is 243 g/mol. The smallest absolute Gasteiger partial charge is 0.350 e. The van der Waals surface area contributed by atoms with Gasteiger partial charge in [0.15, 0.2) is 0 Å². The van der Waals surface area contributed by atoms with Crippen LogP contribution in [0.15, 0.2) is 12.1 Å². The third-order valence-electron chi connectivity index (χ3n) is 1.72. The fourth-order valence-corrected chi connectivity index (χ4v) is 1.30. The van der Waals surface area contributed by atoms with Gasteiger partial charge in [0.2, 0.25) is 0 Å². The quantitative estimate of drug-likeness (QED) is 0.757. The van der Waals surface area contributed by atoms with Crippen LogP contribution in [0.5, 0.6) is 0 Å². The highest BCUT2D eigenvalue weighted by Crippen LogP contribution is 2.21. The Kier molecular flexibility index (Phi) is 3.60. The van der Waals surface area contributed by atoms with E-state index >= 15 is 0 Å². The van der Waals surface area contributed by atoms with Crippen LogP contribution in [0.4, 0.5) is 19.0 Å². The molecule has 1 aromatic rings. The molecule has 0 atom stereocenters. The lowest BCUT2D eigenvalue weighted by Crippen LogP contribution is -2.31. The van der Waals surface area contributed by atoms with Crippen molar-refractivity contribution in [2.75, 3.05) is 18.5 Å². The monoisotopic (exact) mass is 249 g/mol. The fourth-order valence-electron chi connectivity index (χ4n) is 1.09. The van der Waals surface area contributed by atoms with Crippen LogP contribution in [0.2, 0.25) is 5.15 Å². The molecule has 3 nitrogen and oxygen atoms in total. The van der Waals surface area contributed by atoms with Crippen molar-refractivity contribution in [3.05, 3.63) is 22.8 Å². The first-order valence-electron chi connectivity index (χ1n) is 4.17. The average Bonchev–Trinajstić information content (AvgIpc) is 2.14. The first-order valence-corrected chi connectivity index (χ1v) is 4.55. The first kappa shape index (κ1) is 12.6. The van der Waals surface area contributed by atoms with Crippen LogP contribution in [0.1, 0.15) is 5.56 Å². The lowest BCUT2D eigenvalue weighted by Gasteiger charge is -2.19. The summed E-state index contributed by atoms with van der Waals surface area (Å²) in [5.74, 6) is 0.0152. The highest BCUT2D eigenvalue weighted by atomic mass is 35.5. The maximum absolute atomic E-state index is 12.1. The van der Waals surface area contributed by atoms with E-state index in [-0.39, 0.29) is 16.5 Å². The van der Waals surface area contributed by atoms with E-state index in [0.29, 0.717) is 0 Å². The van der Waals surface area contributed by atoms with Gasteiger partial charge in [-0.25, -0.2) is 4.98 Å². The second kappa shape index (κ2) is 4.58. The summed E-state index contributed by atoms with van der Waals surface area (Å²) in [6.45, 7) is -1.15. The van der Waals surface area contributed by atoms with Gasteiger partial charge in [0.25, 0.3) is 0 Å². The maximum atomic E-state index is 12.1. The van der Waals surface area contributed by atoms with Gasteiger partial charge in [-0.1, -0.05) is 11.6 Å². The van der Waals surface area contributed by atoms with Crippen molar-refractivity contribution in [1.29, 1.82) is 5.26 Å². The third kappa shape index (κ3) is 3.59. The molecule has 0 amide bonds. The molecule has 1 heterocycles. The molecule has 0 unspecified atom stereocenters. The standard InChI is InChI=1S/C9H7ClF3N3/c1-16(5-9(11,12)13)8-3-6(4-14)2-7(10)15-8/h2-3H,5H2,1H3. The number of hydrogen-bond donors (Lipinski definition) is 0. The van der Waals surface area contributed by atoms with Crippen molar-refractivity contribution in [1.82, 2.24) is 4.98 Å². The topological polar surface area (TPSA) is 39.9 Å². The molecule has 0 radical (unpaired) electrons. The van der Waals surface area contributed by atoms with Gasteiger partial charge in [-0.05, 0) is 12.1 Å². The number of anilines is 1. The van der Waals surface area contributed by atoms with Crippen LogP contribution in [0.25, 0.3) is 0 Å². The number of rotatable bonds is 2. The van der Waals surface area contributed by atoms with Gasteiger partial charge < -0.3 is 4.90 Å². The predicted octanol–water partition coefficient (Wildman–Crippen LogP) is 2.61. The third-order valence-corrected chi connectivity index (χ3v) is 1.91. The second-order valence-electron chi connectivity index (χ2n) is 3.12. The van der Waals surface area contributed by atoms with Crippen molar-refractivity contribution < 1.29 is 13.2 Å². The molecule has 0 aromatic carbocycles. The second-order valence-corrected chi connectivity index (χ2v) is 3.51. The summed E-state index contributed by atoms with van der Waals surface area (Å²) in [7, 11) is 1.23. The van der Waals surface area contributed by atoms with E-state index in [9.17, 15) is 13.2 Å². The van der Waals surface area contributed by atoms with E-state index in [0.717, 1.165) is 4.90 Å². The van der Waals surface area contributed by atoms with Gasteiger partial charge in [0.05, 0.1) is 11.6 Å². The van der Waals surface area contributed by atoms with Gasteiger partial charge in [-0.15, -0.1) is 0 Å². The highest BCUT2D eigenvalue weighted by Gasteiger charge is 2.29. The summed E-state index contributed by atoms with van der Waals surface area (Å²) in [5.41, 5.74) is 0.170. The van der Waals surface area contributed by atoms with Crippen LogP contribution in [0, 0.1) is 11.3 Å². The molecule has 0 N–H and O–H groups in total. The largest absolute Gasteiger partial charge is 0.405 e. The summed E-state index contributed by atoms with van der Waals surface area (Å²) in [4.78, 5) is 4.59. The van der Waals surface area contributed by atoms with Gasteiger partial charge in [-0.2, -0.15) is 18.4 Å². The lowest BCUT2D eigenvalue weighted by atomic mass is 10.3. The van der Waals surface area contributed by atoms with Gasteiger partial charge in [0, 0.05) is 7.05 Å².